The molecule has 1 amide bonds. The number of amides is 1. The number of hydrogen-bond acceptors (Lipinski definition) is 5. The van der Waals surface area contributed by atoms with Crippen molar-refractivity contribution in [2.75, 3.05) is 26.4 Å². The van der Waals surface area contributed by atoms with Crippen LogP contribution >= 0.6 is 0 Å². The summed E-state index contributed by atoms with van der Waals surface area (Å²) in [6.45, 7) is 4.78. The number of hydrogen-bond donors (Lipinski definition) is 1. The maximum atomic E-state index is 12.9. The molecule has 0 aliphatic rings. The molecule has 1 N–H and O–H groups in total. The van der Waals surface area contributed by atoms with Gasteiger partial charge in [0.25, 0.3) is 5.91 Å². The summed E-state index contributed by atoms with van der Waals surface area (Å²) >= 11 is 0. The van der Waals surface area contributed by atoms with E-state index in [1.807, 2.05) is 13.8 Å². The molecule has 0 radical (unpaired) electrons. The zero-order valence-electron chi connectivity index (χ0n) is 16.7. The van der Waals surface area contributed by atoms with E-state index in [1.54, 1.807) is 30.3 Å². The van der Waals surface area contributed by atoms with Gasteiger partial charge in [-0.05, 0) is 55.7 Å². The molecule has 0 bridgehead atoms. The third-order valence-corrected chi connectivity index (χ3v) is 3.92. The Kier molecular flexibility index (Phi) is 8.95. The van der Waals surface area contributed by atoms with Crippen molar-refractivity contribution in [2.45, 2.75) is 26.7 Å². The highest BCUT2D eigenvalue weighted by Crippen LogP contribution is 2.29. The van der Waals surface area contributed by atoms with Gasteiger partial charge in [-0.25, -0.2) is 9.18 Å². The molecule has 6 nitrogen and oxygen atoms in total. The van der Waals surface area contributed by atoms with Gasteiger partial charge in [0, 0.05) is 6.54 Å². The minimum atomic E-state index is -0.623. The molecular formula is C22H26FNO5. The molecule has 7 heteroatoms. The minimum Gasteiger partial charge on any atom is -0.490 e. The highest BCUT2D eigenvalue weighted by atomic mass is 19.1. The Morgan fingerprint density at radius 2 is 1.76 bits per heavy atom. The van der Waals surface area contributed by atoms with Gasteiger partial charge in [0.05, 0.1) is 18.8 Å². The molecule has 2 aromatic rings. The van der Waals surface area contributed by atoms with Crippen LogP contribution in [-0.4, -0.2) is 38.2 Å². The highest BCUT2D eigenvalue weighted by molar-refractivity contribution is 5.92. The van der Waals surface area contributed by atoms with E-state index in [-0.39, 0.29) is 18.0 Å². The quantitative estimate of drug-likeness (QED) is 0.581. The maximum absolute atomic E-state index is 12.9. The first kappa shape index (κ1) is 22.2. The van der Waals surface area contributed by atoms with Gasteiger partial charge in [-0.3, -0.25) is 4.79 Å². The molecular weight excluding hydrogens is 377 g/mol. The fourth-order valence-electron chi connectivity index (χ4n) is 2.50. The summed E-state index contributed by atoms with van der Waals surface area (Å²) in [6, 6.07) is 10.8. The Morgan fingerprint density at radius 1 is 1.00 bits per heavy atom. The molecule has 156 valence electrons. The first-order chi connectivity index (χ1) is 14.0. The van der Waals surface area contributed by atoms with Crippen LogP contribution in [0.5, 0.6) is 11.5 Å². The number of halogens is 1. The Hall–Kier alpha value is -3.09. The van der Waals surface area contributed by atoms with Crippen LogP contribution in [0, 0.1) is 5.82 Å². The van der Waals surface area contributed by atoms with Crippen LogP contribution in [0.1, 0.15) is 36.2 Å². The van der Waals surface area contributed by atoms with Crippen LogP contribution in [0.2, 0.25) is 0 Å². The smallest absolute Gasteiger partial charge is 0.338 e. The third-order valence-electron chi connectivity index (χ3n) is 3.92. The van der Waals surface area contributed by atoms with Gasteiger partial charge in [-0.15, -0.1) is 0 Å². The molecule has 0 spiro atoms. The van der Waals surface area contributed by atoms with Crippen LogP contribution in [0.25, 0.3) is 0 Å². The third kappa shape index (κ3) is 7.44. The first-order valence-corrected chi connectivity index (χ1v) is 9.61. The average Bonchev–Trinajstić information content (AvgIpc) is 2.72. The normalized spacial score (nSPS) is 10.3. The molecule has 2 rings (SSSR count). The Bertz CT molecular complexity index is 807. The summed E-state index contributed by atoms with van der Waals surface area (Å²) in [6.07, 6.45) is 1.41. The van der Waals surface area contributed by atoms with Crippen LogP contribution in [0.3, 0.4) is 0 Å². The van der Waals surface area contributed by atoms with E-state index in [0.717, 1.165) is 12.0 Å². The molecule has 0 aromatic heterocycles. The van der Waals surface area contributed by atoms with Crippen LogP contribution in [-0.2, 0) is 16.0 Å². The average molecular weight is 403 g/mol. The summed E-state index contributed by atoms with van der Waals surface area (Å²) in [7, 11) is 0. The summed E-state index contributed by atoms with van der Waals surface area (Å²) in [5, 5.41) is 2.66. The van der Waals surface area contributed by atoms with E-state index in [0.29, 0.717) is 37.7 Å². The topological polar surface area (TPSA) is 73.9 Å². The van der Waals surface area contributed by atoms with Crippen molar-refractivity contribution in [3.8, 4) is 11.5 Å². The van der Waals surface area contributed by atoms with Crippen LogP contribution in [0.15, 0.2) is 42.5 Å². The van der Waals surface area contributed by atoms with E-state index in [1.165, 1.54) is 12.1 Å². The summed E-state index contributed by atoms with van der Waals surface area (Å²) < 4.78 is 29.0. The van der Waals surface area contributed by atoms with E-state index < -0.39 is 11.9 Å². The number of nitrogens with one attached hydrogen (secondary N) is 1. The monoisotopic (exact) mass is 403 g/mol. The lowest BCUT2D eigenvalue weighted by Crippen LogP contribution is -2.30. The second kappa shape index (κ2) is 11.7. The zero-order chi connectivity index (χ0) is 21.1. The number of ether oxygens (including phenoxy) is 3. The number of carbonyl (C=O) groups is 2. The van der Waals surface area contributed by atoms with E-state index in [4.69, 9.17) is 14.2 Å². The van der Waals surface area contributed by atoms with Crippen molar-refractivity contribution in [1.82, 2.24) is 5.32 Å². The van der Waals surface area contributed by atoms with Crippen LogP contribution < -0.4 is 14.8 Å². The molecule has 0 unspecified atom stereocenters. The lowest BCUT2D eigenvalue weighted by molar-refractivity contribution is -0.124. The lowest BCUT2D eigenvalue weighted by atomic mass is 10.1. The predicted octanol–water partition coefficient (Wildman–Crippen LogP) is 3.53. The second-order valence-corrected chi connectivity index (χ2v) is 6.25. The van der Waals surface area contributed by atoms with Gasteiger partial charge in [-0.2, -0.15) is 0 Å². The van der Waals surface area contributed by atoms with E-state index in [2.05, 4.69) is 5.32 Å². The summed E-state index contributed by atoms with van der Waals surface area (Å²) in [5.74, 6) is -0.319. The SMILES string of the molecule is CCCOc1ccc(C(=O)OCC(=O)NCCc2ccc(F)cc2)cc1OCC. The molecule has 0 saturated carbocycles. The molecule has 0 aliphatic heterocycles. The van der Waals surface area contributed by atoms with Gasteiger partial charge in [-0.1, -0.05) is 19.1 Å². The van der Waals surface area contributed by atoms with Gasteiger partial charge in [0.15, 0.2) is 18.1 Å². The van der Waals surface area contributed by atoms with Gasteiger partial charge < -0.3 is 19.5 Å². The van der Waals surface area contributed by atoms with E-state index >= 15 is 0 Å². The van der Waals surface area contributed by atoms with Gasteiger partial charge >= 0.3 is 5.97 Å². The van der Waals surface area contributed by atoms with Crippen molar-refractivity contribution < 1.29 is 28.2 Å². The van der Waals surface area contributed by atoms with E-state index in [9.17, 15) is 14.0 Å². The van der Waals surface area contributed by atoms with Crippen molar-refractivity contribution in [3.05, 3.63) is 59.4 Å². The van der Waals surface area contributed by atoms with Gasteiger partial charge in [0.2, 0.25) is 0 Å². The first-order valence-electron chi connectivity index (χ1n) is 9.61. The van der Waals surface area contributed by atoms with Crippen molar-refractivity contribution in [1.29, 1.82) is 0 Å². The predicted molar refractivity (Wildman–Crippen MR) is 107 cm³/mol. The van der Waals surface area contributed by atoms with Crippen molar-refractivity contribution in [3.63, 3.8) is 0 Å². The fourth-order valence-corrected chi connectivity index (χ4v) is 2.50. The largest absolute Gasteiger partial charge is 0.490 e. The molecule has 2 aromatic carbocycles. The molecule has 29 heavy (non-hydrogen) atoms. The van der Waals surface area contributed by atoms with Gasteiger partial charge in [0.1, 0.15) is 5.82 Å². The number of rotatable bonds is 11. The Balaban J connectivity index is 1.81. The Morgan fingerprint density at radius 3 is 2.45 bits per heavy atom. The molecule has 0 heterocycles. The van der Waals surface area contributed by atoms with Crippen molar-refractivity contribution >= 4 is 11.9 Å². The molecule has 0 fully saturated rings. The standard InChI is InChI=1S/C22H26FNO5/c1-3-13-28-19-10-7-17(14-20(19)27-4-2)22(26)29-15-21(25)24-12-11-16-5-8-18(23)9-6-16/h5-10,14H,3-4,11-13,15H2,1-2H3,(H,24,25). The number of carbonyl (C=O) groups excluding carboxylic acids is 2. The molecule has 0 atom stereocenters. The minimum absolute atomic E-state index is 0.274. The molecule has 0 aliphatic carbocycles. The zero-order valence-corrected chi connectivity index (χ0v) is 16.7. The van der Waals surface area contributed by atoms with Crippen LogP contribution in [0.4, 0.5) is 4.39 Å². The molecule has 0 saturated heterocycles. The number of esters is 1. The highest BCUT2D eigenvalue weighted by Gasteiger charge is 2.14. The summed E-state index contributed by atoms with van der Waals surface area (Å²) in [4.78, 5) is 24.1. The Labute approximate surface area is 170 Å². The number of benzene rings is 2. The summed E-state index contributed by atoms with van der Waals surface area (Å²) in [5.41, 5.74) is 1.17. The lowest BCUT2D eigenvalue weighted by Gasteiger charge is -2.13. The van der Waals surface area contributed by atoms with Crippen molar-refractivity contribution in [2.24, 2.45) is 0 Å². The fraction of sp³-hybridized carbons (Fsp3) is 0.364. The maximum Gasteiger partial charge on any atom is 0.338 e. The second-order valence-electron chi connectivity index (χ2n) is 6.25.